The van der Waals surface area contributed by atoms with Gasteiger partial charge in [0.05, 0.1) is 17.7 Å². The number of nitrogens with one attached hydrogen (secondary N) is 1. The van der Waals surface area contributed by atoms with Gasteiger partial charge in [-0.15, -0.1) is 0 Å². The van der Waals surface area contributed by atoms with Crippen LogP contribution in [0.3, 0.4) is 0 Å². The molecular formula is C27H30ClFN6O5. The van der Waals surface area contributed by atoms with E-state index in [1.54, 1.807) is 21.9 Å². The molecule has 0 radical (unpaired) electrons. The summed E-state index contributed by atoms with van der Waals surface area (Å²) in [5.41, 5.74) is 0.340. The van der Waals surface area contributed by atoms with Crippen molar-refractivity contribution in [2.45, 2.75) is 45.3 Å². The molecule has 1 N–H and O–H groups in total. The zero-order valence-corrected chi connectivity index (χ0v) is 23.2. The van der Waals surface area contributed by atoms with Gasteiger partial charge in [0.25, 0.3) is 5.91 Å². The molecule has 1 atom stereocenters. The summed E-state index contributed by atoms with van der Waals surface area (Å²) in [6.07, 6.45) is 2.27. The van der Waals surface area contributed by atoms with Gasteiger partial charge in [0, 0.05) is 32.1 Å². The van der Waals surface area contributed by atoms with Gasteiger partial charge in [0.1, 0.15) is 34.3 Å². The highest BCUT2D eigenvalue weighted by Gasteiger charge is 2.31. The van der Waals surface area contributed by atoms with Crippen LogP contribution in [0.2, 0.25) is 5.02 Å². The predicted molar refractivity (Wildman–Crippen MR) is 146 cm³/mol. The van der Waals surface area contributed by atoms with Crippen LogP contribution in [0, 0.1) is 5.82 Å². The Hall–Kier alpha value is -3.93. The molecule has 1 aromatic carbocycles. The number of likely N-dealkylation sites (tertiary alicyclic amines) is 2. The molecule has 0 aliphatic carbocycles. The minimum atomic E-state index is -0.761. The fourth-order valence-corrected chi connectivity index (χ4v) is 4.45. The topological polar surface area (TPSA) is 119 Å². The Labute approximate surface area is 235 Å². The van der Waals surface area contributed by atoms with E-state index in [0.717, 1.165) is 6.42 Å². The first-order chi connectivity index (χ1) is 19.1. The molecule has 11 nitrogen and oxygen atoms in total. The van der Waals surface area contributed by atoms with Gasteiger partial charge >= 0.3 is 6.09 Å². The van der Waals surface area contributed by atoms with Crippen LogP contribution in [-0.4, -0.2) is 81.2 Å². The summed E-state index contributed by atoms with van der Waals surface area (Å²) in [7, 11) is 0. The number of aromatic nitrogens is 3. The van der Waals surface area contributed by atoms with Gasteiger partial charge in [-0.3, -0.25) is 4.79 Å². The molecule has 4 heterocycles. The minimum Gasteiger partial charge on any atom is -0.482 e. The Morgan fingerprint density at radius 3 is 2.65 bits per heavy atom. The van der Waals surface area contributed by atoms with E-state index in [-0.39, 0.29) is 47.0 Å². The molecule has 2 fully saturated rings. The normalized spacial score (nSPS) is 17.0. The summed E-state index contributed by atoms with van der Waals surface area (Å²) in [5.74, 6) is -0.305. The Kier molecular flexibility index (Phi) is 7.79. The first kappa shape index (κ1) is 27.6. The largest absolute Gasteiger partial charge is 0.482 e. The number of benzene rings is 1. The summed E-state index contributed by atoms with van der Waals surface area (Å²) in [6, 6.07) is 6.34. The molecular weight excluding hydrogens is 543 g/mol. The first-order valence-corrected chi connectivity index (χ1v) is 13.4. The van der Waals surface area contributed by atoms with Crippen LogP contribution in [0.25, 0.3) is 11.0 Å². The van der Waals surface area contributed by atoms with Gasteiger partial charge in [-0.05, 0) is 45.4 Å². The number of carbonyl (C=O) groups is 2. The van der Waals surface area contributed by atoms with Crippen LogP contribution in [0.4, 0.5) is 20.7 Å². The van der Waals surface area contributed by atoms with Crippen molar-refractivity contribution in [1.29, 1.82) is 0 Å². The molecule has 2 aliphatic rings. The van der Waals surface area contributed by atoms with Crippen molar-refractivity contribution in [2.75, 3.05) is 38.1 Å². The van der Waals surface area contributed by atoms with E-state index in [0.29, 0.717) is 49.5 Å². The Bertz CT molecular complexity index is 1430. The number of ether oxygens (including phenoxy) is 3. The molecule has 212 valence electrons. The van der Waals surface area contributed by atoms with Crippen molar-refractivity contribution in [3.8, 4) is 11.6 Å². The van der Waals surface area contributed by atoms with Crippen LogP contribution in [-0.2, 0) is 9.53 Å². The molecule has 2 aliphatic heterocycles. The number of rotatable bonds is 7. The minimum absolute atomic E-state index is 0.0448. The number of hydrogen-bond donors (Lipinski definition) is 1. The second-order valence-corrected chi connectivity index (χ2v) is 11.0. The zero-order valence-electron chi connectivity index (χ0n) is 22.4. The fraction of sp³-hybridized carbons (Fsp3) is 0.444. The number of halogens is 2. The smallest absolute Gasteiger partial charge is 0.410 e. The number of hydrogen-bond acceptors (Lipinski definition) is 9. The lowest BCUT2D eigenvalue weighted by atomic mass is 10.2. The molecule has 2 saturated heterocycles. The molecule has 0 spiro atoms. The molecule has 5 rings (SSSR count). The lowest BCUT2D eigenvalue weighted by Gasteiger charge is -2.30. The van der Waals surface area contributed by atoms with E-state index >= 15 is 4.39 Å². The highest BCUT2D eigenvalue weighted by Crippen LogP contribution is 2.34. The molecule has 2 aromatic heterocycles. The maximum absolute atomic E-state index is 15.2. The Balaban J connectivity index is 1.27. The van der Waals surface area contributed by atoms with Crippen molar-refractivity contribution in [2.24, 2.45) is 0 Å². The predicted octanol–water partition coefficient (Wildman–Crippen LogP) is 4.56. The van der Waals surface area contributed by atoms with Crippen molar-refractivity contribution >= 4 is 46.1 Å². The zero-order chi connectivity index (χ0) is 28.4. The number of carbonyl (C=O) groups excluding carboxylic acids is 2. The van der Waals surface area contributed by atoms with Crippen LogP contribution in [0.1, 0.15) is 33.6 Å². The summed E-state index contributed by atoms with van der Waals surface area (Å²) in [5, 5.41) is 2.66. The summed E-state index contributed by atoms with van der Waals surface area (Å²) < 4.78 is 32.1. The van der Waals surface area contributed by atoms with Crippen molar-refractivity contribution in [3.05, 3.63) is 41.4 Å². The highest BCUT2D eigenvalue weighted by molar-refractivity contribution is 6.32. The van der Waals surface area contributed by atoms with E-state index < -0.39 is 11.4 Å². The third-order valence-corrected chi connectivity index (χ3v) is 6.75. The van der Waals surface area contributed by atoms with Crippen LogP contribution in [0.15, 0.2) is 30.6 Å². The van der Waals surface area contributed by atoms with Crippen LogP contribution < -0.4 is 14.8 Å². The standard InChI is InChI=1S/C27H30ClFN6O5/c1-27(2,3)40-26(37)35-12-9-16(13-35)39-20-8-6-18-24(33-20)25(31-15-30-18)32-17-5-7-19(22(28)23(17)29)38-14-21(36)34-10-4-11-34/h5-8,15-16H,4,9-14H2,1-3H3,(H,30,31,32)/t16-/m0/s1. The van der Waals surface area contributed by atoms with Gasteiger partial charge in [-0.1, -0.05) is 11.6 Å². The molecule has 3 aromatic rings. The van der Waals surface area contributed by atoms with Gasteiger partial charge in [-0.25, -0.2) is 24.1 Å². The number of fused-ring (bicyclic) bond motifs is 1. The van der Waals surface area contributed by atoms with Crippen LogP contribution >= 0.6 is 11.6 Å². The molecule has 0 unspecified atom stereocenters. The number of nitrogens with zero attached hydrogens (tertiary/aromatic N) is 5. The monoisotopic (exact) mass is 572 g/mol. The number of amides is 2. The fourth-order valence-electron chi connectivity index (χ4n) is 4.23. The average molecular weight is 573 g/mol. The second kappa shape index (κ2) is 11.3. The quantitative estimate of drug-likeness (QED) is 0.434. The third-order valence-electron chi connectivity index (χ3n) is 6.40. The molecule has 2 amide bonds. The lowest BCUT2D eigenvalue weighted by molar-refractivity contribution is -0.136. The van der Waals surface area contributed by atoms with E-state index in [9.17, 15) is 9.59 Å². The molecule has 13 heteroatoms. The number of pyridine rings is 1. The lowest BCUT2D eigenvalue weighted by Crippen LogP contribution is -2.44. The van der Waals surface area contributed by atoms with Gasteiger partial charge < -0.3 is 29.3 Å². The van der Waals surface area contributed by atoms with E-state index in [1.807, 2.05) is 20.8 Å². The van der Waals surface area contributed by atoms with E-state index in [2.05, 4.69) is 20.3 Å². The van der Waals surface area contributed by atoms with Crippen molar-refractivity contribution in [1.82, 2.24) is 24.8 Å². The summed E-state index contributed by atoms with van der Waals surface area (Å²) in [4.78, 5) is 40.7. The summed E-state index contributed by atoms with van der Waals surface area (Å²) in [6.45, 7) is 7.52. The highest BCUT2D eigenvalue weighted by atomic mass is 35.5. The van der Waals surface area contributed by atoms with Crippen molar-refractivity contribution < 1.29 is 28.2 Å². The SMILES string of the molecule is CC(C)(C)OC(=O)N1CC[C@H](Oc2ccc3ncnc(Nc4ccc(OCC(=O)N5CCC5)c(Cl)c4F)c3n2)C1. The van der Waals surface area contributed by atoms with Gasteiger partial charge in [0.15, 0.2) is 18.2 Å². The first-order valence-electron chi connectivity index (χ1n) is 13.0. The maximum atomic E-state index is 15.2. The maximum Gasteiger partial charge on any atom is 0.410 e. The average Bonchev–Trinajstić information content (AvgIpc) is 3.33. The summed E-state index contributed by atoms with van der Waals surface area (Å²) >= 11 is 6.21. The van der Waals surface area contributed by atoms with Gasteiger partial charge in [0.2, 0.25) is 5.88 Å². The number of anilines is 2. The van der Waals surface area contributed by atoms with Gasteiger partial charge in [-0.2, -0.15) is 0 Å². The van der Waals surface area contributed by atoms with E-state index in [1.165, 1.54) is 18.5 Å². The molecule has 0 saturated carbocycles. The van der Waals surface area contributed by atoms with Crippen LogP contribution in [0.5, 0.6) is 11.6 Å². The van der Waals surface area contributed by atoms with E-state index in [4.69, 9.17) is 25.8 Å². The Morgan fingerprint density at radius 2 is 1.93 bits per heavy atom. The Morgan fingerprint density at radius 1 is 1.12 bits per heavy atom. The second-order valence-electron chi connectivity index (χ2n) is 10.6. The molecule has 0 bridgehead atoms. The van der Waals surface area contributed by atoms with Crippen molar-refractivity contribution in [3.63, 3.8) is 0 Å². The third kappa shape index (κ3) is 6.27. The molecule has 40 heavy (non-hydrogen) atoms.